The van der Waals surface area contributed by atoms with Gasteiger partial charge in [-0.1, -0.05) is 0 Å². The Hall–Kier alpha value is 3.07. The van der Waals surface area contributed by atoms with Crippen LogP contribution in [0.4, 0.5) is 0 Å². The molecule has 0 aliphatic heterocycles. The zero-order valence-corrected chi connectivity index (χ0v) is 23.2. The molecule has 0 rings (SSSR count). The van der Waals surface area contributed by atoms with Crippen molar-refractivity contribution in [2.45, 2.75) is 0 Å². The van der Waals surface area contributed by atoms with Gasteiger partial charge in [-0.05, 0) is 0 Å². The Bertz CT molecular complexity index is 117. The fourth-order valence-electron chi connectivity index (χ4n) is 0. The van der Waals surface area contributed by atoms with Crippen LogP contribution < -0.4 is 0 Å². The summed E-state index contributed by atoms with van der Waals surface area (Å²) in [5.74, 6) is 0. The van der Waals surface area contributed by atoms with Gasteiger partial charge in [0.25, 0.3) is 0 Å². The van der Waals surface area contributed by atoms with Crippen LogP contribution >= 0.6 is 0 Å². The van der Waals surface area contributed by atoms with Gasteiger partial charge in [0.1, 0.15) is 0 Å². The Balaban J connectivity index is -0.0000000104. The van der Waals surface area contributed by atoms with E-state index >= 15 is 0 Å². The third-order valence-electron chi connectivity index (χ3n) is 0. The molecular formula is H15O12Sb2Sn3. The van der Waals surface area contributed by atoms with Crippen molar-refractivity contribution in [1.82, 2.24) is 0 Å². The number of hydrogen-bond acceptors (Lipinski definition) is 3. The first-order valence-corrected chi connectivity index (χ1v) is 13.1. The summed E-state index contributed by atoms with van der Waals surface area (Å²) < 4.78 is 70.0. The second-order valence-corrected chi connectivity index (χ2v) is 5.69. The van der Waals surface area contributed by atoms with Crippen molar-refractivity contribution in [3.63, 3.8) is 0 Å². The summed E-state index contributed by atoms with van der Waals surface area (Å²) in [7, 11) is 0. The van der Waals surface area contributed by atoms with Crippen LogP contribution in [0.15, 0.2) is 0 Å². The molecule has 0 aliphatic carbocycles. The van der Waals surface area contributed by atoms with Gasteiger partial charge in [0.15, 0.2) is 0 Å². The van der Waals surface area contributed by atoms with Crippen LogP contribution in [-0.2, 0) is 9.23 Å². The monoisotopic (exact) mass is 809 g/mol. The predicted octanol–water partition coefficient (Wildman–Crippen LogP) is -8.88. The van der Waals surface area contributed by atoms with E-state index in [1.54, 1.807) is 0 Å². The van der Waals surface area contributed by atoms with E-state index in [4.69, 9.17) is 29.9 Å². The second-order valence-electron chi connectivity index (χ2n) is 0.848. The molecule has 0 aromatic heterocycles. The Kier molecular flexibility index (Phi) is 126. The van der Waals surface area contributed by atoms with Crippen molar-refractivity contribution in [2.24, 2.45) is 0 Å². The molecule has 0 saturated carbocycles. The summed E-state index contributed by atoms with van der Waals surface area (Å²) >= 11 is -11.4. The molecule has 0 bridgehead atoms. The molecule has 0 saturated heterocycles. The van der Waals surface area contributed by atoms with Crippen LogP contribution in [0.1, 0.15) is 0 Å². The van der Waals surface area contributed by atoms with Crippen molar-refractivity contribution in [1.29, 1.82) is 0 Å². The molecule has 0 aliphatic rings. The van der Waals surface area contributed by atoms with Crippen molar-refractivity contribution in [3.8, 4) is 0 Å². The van der Waals surface area contributed by atoms with Crippen molar-refractivity contribution >= 4 is 111 Å². The van der Waals surface area contributed by atoms with Crippen LogP contribution in [0.25, 0.3) is 0 Å². The molecule has 0 aromatic rings. The van der Waals surface area contributed by atoms with Gasteiger partial charge in [0, 0.05) is 24.4 Å². The van der Waals surface area contributed by atoms with Crippen LogP contribution in [-0.4, -0.2) is 148 Å². The molecule has 17 heteroatoms. The molecule has 3 radical (unpaired) electrons. The van der Waals surface area contributed by atoms with Crippen LogP contribution in [0.5, 0.6) is 0 Å². The van der Waals surface area contributed by atoms with Crippen molar-refractivity contribution in [2.75, 3.05) is 0 Å². The molecular weight excluding hydrogens is 792 g/mol. The molecule has 12 nitrogen and oxygen atoms in total. The van der Waals surface area contributed by atoms with Gasteiger partial charge in [-0.25, -0.2) is 0 Å². The van der Waals surface area contributed by atoms with E-state index < -0.39 is 61.7 Å². The minimum atomic E-state index is -3.79. The molecule has 0 amide bonds. The molecule has 0 heterocycles. The van der Waals surface area contributed by atoms with E-state index in [0.29, 0.717) is 0 Å². The van der Waals surface area contributed by atoms with Gasteiger partial charge in [0.2, 0.25) is 0 Å². The van der Waals surface area contributed by atoms with Gasteiger partial charge < -0.3 is 16.4 Å². The largest absolute Gasteiger partial charge is 0 e. The smallest absolute Gasteiger partial charge is 0 e. The summed E-state index contributed by atoms with van der Waals surface area (Å²) in [6.07, 6.45) is 0. The first kappa shape index (κ1) is 50.1. The van der Waals surface area contributed by atoms with Gasteiger partial charge >= 0.3 is 116 Å². The molecule has 109 valence electrons. The Morgan fingerprint density at radius 1 is 0.529 bits per heavy atom. The topological polar surface area (TPSA) is 267 Å². The standard InChI is InChI=1S/9H2O.3O.2Sb.3Sn.3H/h9*1H2;;;;;;;;;;;/q;;;;;;;;;;;;;;3*+2;;;/p-6. The van der Waals surface area contributed by atoms with Crippen molar-refractivity contribution < 1.29 is 46.3 Å². The van der Waals surface area contributed by atoms with Gasteiger partial charge in [-0.2, -0.15) is 0 Å². The third-order valence-corrected chi connectivity index (χ3v) is 0. The fourth-order valence-corrected chi connectivity index (χ4v) is 0. The zero-order valence-electron chi connectivity index (χ0n) is 8.06. The van der Waals surface area contributed by atoms with E-state index in [-0.39, 0.29) is 65.3 Å². The second kappa shape index (κ2) is 42.7. The predicted molar refractivity (Wildman–Crippen MR) is 59.2 cm³/mol. The van der Waals surface area contributed by atoms with Crippen molar-refractivity contribution in [3.05, 3.63) is 0 Å². The molecule has 0 atom stereocenters. The van der Waals surface area contributed by atoms with Crippen LogP contribution in [0.2, 0.25) is 0 Å². The summed E-state index contributed by atoms with van der Waals surface area (Å²) in [6, 6.07) is 0. The SMILES string of the molecule is O.O.O.[O]=[Sn]([OH])[OH].[O]=[Sn]([OH])[OH].[O]=[Sn]([OH])[OH].[SbH3].[Sb]. The minimum absolute atomic E-state index is 0. The van der Waals surface area contributed by atoms with E-state index in [9.17, 15) is 0 Å². The Morgan fingerprint density at radius 3 is 0.529 bits per heavy atom. The molecule has 0 fully saturated rings. The Morgan fingerprint density at radius 2 is 0.529 bits per heavy atom. The molecule has 17 heavy (non-hydrogen) atoms. The van der Waals surface area contributed by atoms with Gasteiger partial charge in [-0.15, -0.1) is 0 Å². The average molecular weight is 807 g/mol. The quantitative estimate of drug-likeness (QED) is 0.127. The first-order valence-electron chi connectivity index (χ1n) is 1.95. The third kappa shape index (κ3) is 589. The van der Waals surface area contributed by atoms with E-state index in [1.165, 1.54) is 0 Å². The first-order chi connectivity index (χ1) is 5.20. The number of hydrogen-bond donors (Lipinski definition) is 6. The number of rotatable bonds is 0. The average Bonchev–Trinajstić information content (AvgIpc) is 1.54. The van der Waals surface area contributed by atoms with Gasteiger partial charge in [0.05, 0.1) is 0 Å². The fraction of sp³-hybridized carbons (Fsp3) is 0. The minimum Gasteiger partial charge on any atom is 0 e. The summed E-state index contributed by atoms with van der Waals surface area (Å²) in [6.45, 7) is 0. The van der Waals surface area contributed by atoms with Crippen LogP contribution in [0, 0.1) is 0 Å². The maximum Gasteiger partial charge on any atom is 0 e. The van der Waals surface area contributed by atoms with E-state index in [2.05, 4.69) is 0 Å². The van der Waals surface area contributed by atoms with Gasteiger partial charge in [-0.3, -0.25) is 0 Å². The molecule has 0 spiro atoms. The summed E-state index contributed by atoms with van der Waals surface area (Å²) in [5, 5.41) is 0. The summed E-state index contributed by atoms with van der Waals surface area (Å²) in [4.78, 5) is 0. The molecule has 0 aromatic carbocycles. The summed E-state index contributed by atoms with van der Waals surface area (Å²) in [5.41, 5.74) is 0. The maximum atomic E-state index is 8.84. The van der Waals surface area contributed by atoms with E-state index in [1.807, 2.05) is 0 Å². The molecule has 0 unspecified atom stereocenters. The Labute approximate surface area is 154 Å². The zero-order chi connectivity index (χ0) is 10.7. The maximum absolute atomic E-state index is 8.84. The molecule has 12 N–H and O–H groups in total. The normalized spacial score (nSPS) is 4.59. The van der Waals surface area contributed by atoms with E-state index in [0.717, 1.165) is 0 Å². The van der Waals surface area contributed by atoms with Crippen LogP contribution in [0.3, 0.4) is 0 Å².